The van der Waals surface area contributed by atoms with Gasteiger partial charge < -0.3 is 20.1 Å². The zero-order valence-electron chi connectivity index (χ0n) is 27.0. The van der Waals surface area contributed by atoms with Crippen LogP contribution in [0.1, 0.15) is 131 Å². The van der Waals surface area contributed by atoms with Crippen molar-refractivity contribution >= 4 is 11.8 Å². The number of ketones is 1. The molecule has 1 spiro atoms. The van der Waals surface area contributed by atoms with Gasteiger partial charge in [-0.2, -0.15) is 0 Å². The van der Waals surface area contributed by atoms with E-state index < -0.39 is 41.7 Å². The van der Waals surface area contributed by atoms with Gasteiger partial charge in [-0.1, -0.05) is 117 Å². The Morgan fingerprint density at radius 2 is 1.52 bits per heavy atom. The topological polar surface area (TPSA) is 104 Å². The highest BCUT2D eigenvalue weighted by atomic mass is 16.6. The average Bonchev–Trinajstić information content (AvgIpc) is 3.44. The lowest BCUT2D eigenvalue weighted by atomic mass is 9.59. The van der Waals surface area contributed by atoms with Gasteiger partial charge in [-0.25, -0.2) is 0 Å². The summed E-state index contributed by atoms with van der Waals surface area (Å²) in [6.07, 6.45) is 17.7. The molecule has 0 aromatic carbocycles. The molecule has 0 radical (unpaired) electrons. The van der Waals surface area contributed by atoms with Crippen LogP contribution in [0.5, 0.6) is 0 Å². The van der Waals surface area contributed by atoms with E-state index in [9.17, 15) is 24.9 Å². The van der Waals surface area contributed by atoms with Crippen LogP contribution < -0.4 is 0 Å². The van der Waals surface area contributed by atoms with Gasteiger partial charge >= 0.3 is 5.97 Å². The summed E-state index contributed by atoms with van der Waals surface area (Å²) in [6, 6.07) is 0. The van der Waals surface area contributed by atoms with Crippen LogP contribution in [-0.2, 0) is 14.3 Å². The van der Waals surface area contributed by atoms with E-state index in [2.05, 4.69) is 20.8 Å². The van der Waals surface area contributed by atoms with Gasteiger partial charge in [0.2, 0.25) is 0 Å². The summed E-state index contributed by atoms with van der Waals surface area (Å²) in [5.41, 5.74) is -2.60. The molecule has 6 nitrogen and oxygen atoms in total. The maximum Gasteiger partial charge on any atom is 0.306 e. The zero-order valence-corrected chi connectivity index (χ0v) is 27.0. The molecule has 0 heterocycles. The molecule has 42 heavy (non-hydrogen) atoms. The molecule has 4 aliphatic rings. The number of rotatable bonds is 16. The third kappa shape index (κ3) is 5.94. The minimum absolute atomic E-state index is 0.0161. The first-order chi connectivity index (χ1) is 20.0. The number of esters is 1. The van der Waals surface area contributed by atoms with Crippen LogP contribution in [0.25, 0.3) is 0 Å². The molecule has 8 atom stereocenters. The Morgan fingerprint density at radius 1 is 0.976 bits per heavy atom. The minimum Gasteiger partial charge on any atom is -0.455 e. The van der Waals surface area contributed by atoms with Gasteiger partial charge in [0.05, 0.1) is 12.0 Å². The number of ether oxygens (including phenoxy) is 1. The summed E-state index contributed by atoms with van der Waals surface area (Å²) < 4.78 is 5.95. The van der Waals surface area contributed by atoms with Crippen molar-refractivity contribution in [2.45, 2.75) is 149 Å². The van der Waals surface area contributed by atoms with Crippen molar-refractivity contribution in [2.75, 3.05) is 6.61 Å². The van der Waals surface area contributed by atoms with Crippen molar-refractivity contribution < 1.29 is 29.6 Å². The zero-order chi connectivity index (χ0) is 30.7. The van der Waals surface area contributed by atoms with Gasteiger partial charge in [-0.3, -0.25) is 9.59 Å². The molecular weight excluding hydrogens is 528 g/mol. The van der Waals surface area contributed by atoms with Gasteiger partial charge in [0.15, 0.2) is 17.5 Å². The van der Waals surface area contributed by atoms with Crippen molar-refractivity contribution in [2.24, 2.45) is 34.5 Å². The second-order valence-corrected chi connectivity index (χ2v) is 14.7. The van der Waals surface area contributed by atoms with Crippen LogP contribution >= 0.6 is 0 Å². The highest BCUT2D eigenvalue weighted by Crippen LogP contribution is 2.71. The third-order valence-corrected chi connectivity index (χ3v) is 11.6. The minimum atomic E-state index is -2.05. The summed E-state index contributed by atoms with van der Waals surface area (Å²) >= 11 is 0. The lowest BCUT2D eigenvalue weighted by Crippen LogP contribution is -2.65. The standard InChI is InChI=1S/C36H58O6/c1-6-7-8-9-10-11-12-13-14-15-16-17-18-19-29(38)42-33-24(2)22-35-25(3)20-28-30(34(28,4)5)27(32(35)40)21-26(23-37)31(39)36(33,35)41/h21-22,25,27-28,30-31,33,37,39,41H,6-20,23H2,1-5H3/t25-,27+,28-,30+,31-,33+,35-,36+/m1/s1. The summed E-state index contributed by atoms with van der Waals surface area (Å²) in [4.78, 5) is 27.5. The van der Waals surface area contributed by atoms with E-state index in [1.807, 2.05) is 6.92 Å². The van der Waals surface area contributed by atoms with Crippen LogP contribution in [0.4, 0.5) is 0 Å². The molecule has 2 bridgehead atoms. The van der Waals surface area contributed by atoms with Gasteiger partial charge in [0.1, 0.15) is 6.10 Å². The number of unbranched alkanes of at least 4 members (excludes halogenated alkanes) is 12. The van der Waals surface area contributed by atoms with E-state index >= 15 is 0 Å². The summed E-state index contributed by atoms with van der Waals surface area (Å²) in [5, 5.41) is 34.3. The molecule has 3 N–H and O–H groups in total. The van der Waals surface area contributed by atoms with Crippen molar-refractivity contribution in [3.63, 3.8) is 0 Å². The SMILES string of the molecule is CCCCCCCCCCCCCCCC(=O)O[C@H]1C(C)=C[C@@]23C(=O)[C@@H](C=C(CO)[C@@H](O)[C@]12O)[C@H]1[C@@H](C[C@H]3C)C1(C)C. The largest absolute Gasteiger partial charge is 0.455 e. The molecule has 2 fully saturated rings. The number of aliphatic hydroxyl groups is 3. The predicted octanol–water partition coefficient (Wildman–Crippen LogP) is 6.85. The first-order valence-corrected chi connectivity index (χ1v) is 17.1. The van der Waals surface area contributed by atoms with Crippen LogP contribution in [0.3, 0.4) is 0 Å². The first kappa shape index (κ1) is 33.4. The van der Waals surface area contributed by atoms with Gasteiger partial charge in [0, 0.05) is 12.3 Å². The smallest absolute Gasteiger partial charge is 0.306 e. The Balaban J connectivity index is 1.32. The van der Waals surface area contributed by atoms with Crippen LogP contribution in [0.15, 0.2) is 23.3 Å². The normalized spacial score (nSPS) is 36.3. The van der Waals surface area contributed by atoms with E-state index in [0.29, 0.717) is 11.5 Å². The van der Waals surface area contributed by atoms with E-state index in [1.54, 1.807) is 19.1 Å². The molecule has 6 heteroatoms. The number of allylic oxidation sites excluding steroid dienone is 1. The number of carbonyl (C=O) groups excluding carboxylic acids is 2. The molecule has 4 rings (SSSR count). The van der Waals surface area contributed by atoms with Crippen molar-refractivity contribution in [1.29, 1.82) is 0 Å². The Labute approximate surface area is 254 Å². The molecule has 2 saturated carbocycles. The second-order valence-electron chi connectivity index (χ2n) is 14.7. The van der Waals surface area contributed by atoms with E-state index in [4.69, 9.17) is 4.74 Å². The van der Waals surface area contributed by atoms with Crippen molar-refractivity contribution in [3.8, 4) is 0 Å². The highest BCUT2D eigenvalue weighted by molar-refractivity contribution is 5.95. The maximum absolute atomic E-state index is 14.4. The van der Waals surface area contributed by atoms with Gasteiger partial charge in [-0.05, 0) is 54.1 Å². The van der Waals surface area contributed by atoms with Crippen molar-refractivity contribution in [1.82, 2.24) is 0 Å². The molecular formula is C36H58O6. The summed E-state index contributed by atoms with van der Waals surface area (Å²) in [5.74, 6) is -0.856. The average molecular weight is 587 g/mol. The number of hydrogen-bond acceptors (Lipinski definition) is 6. The summed E-state index contributed by atoms with van der Waals surface area (Å²) in [7, 11) is 0. The van der Waals surface area contributed by atoms with Crippen LogP contribution in [-0.4, -0.2) is 51.5 Å². The third-order valence-electron chi connectivity index (χ3n) is 11.6. The maximum atomic E-state index is 14.4. The molecule has 0 unspecified atom stereocenters. The molecule has 0 amide bonds. The highest BCUT2D eigenvalue weighted by Gasteiger charge is 2.76. The fraction of sp³-hybridized carbons (Fsp3) is 0.833. The van der Waals surface area contributed by atoms with E-state index in [-0.39, 0.29) is 35.0 Å². The number of hydrogen-bond donors (Lipinski definition) is 3. The summed E-state index contributed by atoms with van der Waals surface area (Å²) in [6.45, 7) is 9.91. The van der Waals surface area contributed by atoms with E-state index in [0.717, 1.165) is 25.7 Å². The fourth-order valence-corrected chi connectivity index (χ4v) is 9.07. The van der Waals surface area contributed by atoms with Crippen LogP contribution in [0, 0.1) is 34.5 Å². The van der Waals surface area contributed by atoms with Crippen molar-refractivity contribution in [3.05, 3.63) is 23.3 Å². The molecule has 0 aromatic heterocycles. The van der Waals surface area contributed by atoms with Gasteiger partial charge in [-0.15, -0.1) is 0 Å². The van der Waals surface area contributed by atoms with Crippen LogP contribution in [0.2, 0.25) is 0 Å². The Hall–Kier alpha value is -1.50. The molecule has 0 aliphatic heterocycles. The molecule has 0 saturated heterocycles. The predicted molar refractivity (Wildman–Crippen MR) is 166 cm³/mol. The number of carbonyl (C=O) groups is 2. The molecule has 4 aliphatic carbocycles. The Bertz CT molecular complexity index is 1030. The number of Topliss-reactive ketones (excluding diaryl/α,β-unsaturated/α-hetero) is 1. The quantitative estimate of drug-likeness (QED) is 0.104. The monoisotopic (exact) mass is 586 g/mol. The lowest BCUT2D eigenvalue weighted by Gasteiger charge is -2.48. The fourth-order valence-electron chi connectivity index (χ4n) is 9.07. The molecule has 0 aromatic rings. The van der Waals surface area contributed by atoms with Gasteiger partial charge in [0.25, 0.3) is 0 Å². The lowest BCUT2D eigenvalue weighted by molar-refractivity contribution is -0.203. The number of fused-ring (bicyclic) bond motifs is 3. The molecule has 238 valence electrons. The Morgan fingerprint density at radius 3 is 2.07 bits per heavy atom. The first-order valence-electron chi connectivity index (χ1n) is 17.1. The van der Waals surface area contributed by atoms with E-state index in [1.165, 1.54) is 64.2 Å². The second kappa shape index (κ2) is 13.6. The Kier molecular flexibility index (Phi) is 10.9. The number of aliphatic hydroxyl groups excluding tert-OH is 2.